The van der Waals surface area contributed by atoms with Crippen molar-refractivity contribution in [3.05, 3.63) is 59.8 Å². The van der Waals surface area contributed by atoms with Gasteiger partial charge in [-0.05, 0) is 24.3 Å². The summed E-state index contributed by atoms with van der Waals surface area (Å²) in [6, 6.07) is 15.6. The number of nitrogens with zero attached hydrogens (tertiary/aromatic N) is 5. The van der Waals surface area contributed by atoms with Crippen LogP contribution in [-0.2, 0) is 0 Å². The summed E-state index contributed by atoms with van der Waals surface area (Å²) in [4.78, 5) is 9.05. The molecule has 2 aromatic carbocycles. The molecule has 1 fully saturated rings. The summed E-state index contributed by atoms with van der Waals surface area (Å²) in [6.45, 7) is 3.31. The molecule has 0 bridgehead atoms. The fraction of sp³-hybridized carbons (Fsp3) is 0.250. The number of piperazine rings is 1. The number of nitrogens with one attached hydrogen (secondary N) is 1. The van der Waals surface area contributed by atoms with Crippen molar-refractivity contribution in [2.75, 3.05) is 48.4 Å². The molecule has 1 N–H and O–H groups in total. The van der Waals surface area contributed by atoms with Crippen LogP contribution in [0.25, 0.3) is 0 Å². The molecular weight excluding hydrogens is 376 g/mol. The maximum absolute atomic E-state index is 6.21. The lowest BCUT2D eigenvalue weighted by Crippen LogP contribution is -2.47. The zero-order chi connectivity index (χ0) is 19.3. The Morgan fingerprint density at radius 3 is 2.46 bits per heavy atom. The molecule has 1 saturated heterocycles. The quantitative estimate of drug-likeness (QED) is 0.706. The van der Waals surface area contributed by atoms with Gasteiger partial charge in [0.25, 0.3) is 0 Å². The summed E-state index contributed by atoms with van der Waals surface area (Å²) in [7, 11) is 1.70. The Balaban J connectivity index is 1.44. The van der Waals surface area contributed by atoms with Crippen molar-refractivity contribution >= 4 is 34.7 Å². The minimum atomic E-state index is 0.608. The number of hydrogen-bond acceptors (Lipinski definition) is 7. The number of hydrogen-bond donors (Lipinski definition) is 1. The second-order valence-electron chi connectivity index (χ2n) is 6.39. The molecule has 0 unspecified atom stereocenters. The number of halogens is 1. The van der Waals surface area contributed by atoms with Crippen LogP contribution < -0.4 is 19.9 Å². The Kier molecular flexibility index (Phi) is 5.43. The van der Waals surface area contributed by atoms with E-state index < -0.39 is 0 Å². The lowest BCUT2D eigenvalue weighted by atomic mass is 10.2. The summed E-state index contributed by atoms with van der Waals surface area (Å²) < 4.78 is 5.48. The van der Waals surface area contributed by atoms with E-state index in [0.29, 0.717) is 16.8 Å². The van der Waals surface area contributed by atoms with Gasteiger partial charge in [0.05, 0.1) is 29.7 Å². The Morgan fingerprint density at radius 1 is 0.964 bits per heavy atom. The maximum atomic E-state index is 6.21. The summed E-state index contributed by atoms with van der Waals surface area (Å²) in [5.74, 6) is 2.11. The van der Waals surface area contributed by atoms with Gasteiger partial charge in [-0.15, -0.1) is 5.10 Å². The van der Waals surface area contributed by atoms with Crippen LogP contribution in [-0.4, -0.2) is 48.5 Å². The lowest BCUT2D eigenvalue weighted by molar-refractivity contribution is 0.413. The third kappa shape index (κ3) is 3.94. The first-order chi connectivity index (χ1) is 13.7. The molecule has 1 aromatic heterocycles. The highest BCUT2D eigenvalue weighted by atomic mass is 35.5. The van der Waals surface area contributed by atoms with Gasteiger partial charge in [0.15, 0.2) is 5.82 Å². The SMILES string of the molecule is COc1ccccc1N1CCN(c2nncc(Nc3ccccc3Cl)n2)CC1. The fourth-order valence-corrected chi connectivity index (χ4v) is 3.41. The highest BCUT2D eigenvalue weighted by Crippen LogP contribution is 2.29. The van der Waals surface area contributed by atoms with Gasteiger partial charge >= 0.3 is 0 Å². The van der Waals surface area contributed by atoms with Gasteiger partial charge in [0.1, 0.15) is 5.75 Å². The largest absolute Gasteiger partial charge is 0.495 e. The predicted octanol–water partition coefficient (Wildman–Crippen LogP) is 3.60. The van der Waals surface area contributed by atoms with E-state index in [-0.39, 0.29) is 0 Å². The molecule has 0 aliphatic carbocycles. The van der Waals surface area contributed by atoms with Gasteiger partial charge in [-0.1, -0.05) is 35.9 Å². The van der Waals surface area contributed by atoms with Crippen molar-refractivity contribution in [1.82, 2.24) is 15.2 Å². The molecule has 0 atom stereocenters. The van der Waals surface area contributed by atoms with E-state index >= 15 is 0 Å². The van der Waals surface area contributed by atoms with Crippen molar-refractivity contribution in [3.8, 4) is 5.75 Å². The summed E-state index contributed by atoms with van der Waals surface area (Å²) in [6.07, 6.45) is 1.60. The highest BCUT2D eigenvalue weighted by molar-refractivity contribution is 6.33. The van der Waals surface area contributed by atoms with Crippen LogP contribution in [0.3, 0.4) is 0 Å². The Bertz CT molecular complexity index is 945. The van der Waals surface area contributed by atoms with E-state index in [1.807, 2.05) is 42.5 Å². The van der Waals surface area contributed by atoms with Gasteiger partial charge in [0, 0.05) is 26.2 Å². The molecule has 28 heavy (non-hydrogen) atoms. The Hall–Kier alpha value is -3.06. The number of methoxy groups -OCH3 is 1. The predicted molar refractivity (Wildman–Crippen MR) is 112 cm³/mol. The number of benzene rings is 2. The second kappa shape index (κ2) is 8.31. The third-order valence-corrected chi connectivity index (χ3v) is 5.00. The first-order valence-corrected chi connectivity index (χ1v) is 9.46. The van der Waals surface area contributed by atoms with Gasteiger partial charge in [-0.2, -0.15) is 10.1 Å². The molecule has 0 radical (unpaired) electrons. The molecule has 1 aliphatic rings. The first kappa shape index (κ1) is 18.3. The zero-order valence-corrected chi connectivity index (χ0v) is 16.3. The standard InChI is InChI=1S/C20H21ClN6O/c1-28-18-9-5-4-8-17(18)26-10-12-27(13-11-26)20-24-19(14-22-25-20)23-16-7-3-2-6-15(16)21/h2-9,14H,10-13H2,1H3,(H,23,24,25). The van der Waals surface area contributed by atoms with Crippen LogP contribution >= 0.6 is 11.6 Å². The first-order valence-electron chi connectivity index (χ1n) is 9.09. The number of anilines is 4. The van der Waals surface area contributed by atoms with E-state index in [1.165, 1.54) is 0 Å². The number of rotatable bonds is 5. The van der Waals surface area contributed by atoms with E-state index in [4.69, 9.17) is 16.3 Å². The molecule has 3 aromatic rings. The highest BCUT2D eigenvalue weighted by Gasteiger charge is 2.21. The number of ether oxygens (including phenoxy) is 1. The number of para-hydroxylation sites is 3. The molecule has 0 amide bonds. The van der Waals surface area contributed by atoms with Crippen LogP contribution in [0.1, 0.15) is 0 Å². The van der Waals surface area contributed by atoms with Gasteiger partial charge in [0.2, 0.25) is 5.95 Å². The second-order valence-corrected chi connectivity index (χ2v) is 6.80. The molecule has 7 nitrogen and oxygen atoms in total. The number of aromatic nitrogens is 3. The molecule has 1 aliphatic heterocycles. The molecule has 0 saturated carbocycles. The van der Waals surface area contributed by atoms with Crippen LogP contribution in [0.5, 0.6) is 5.75 Å². The van der Waals surface area contributed by atoms with Crippen molar-refractivity contribution < 1.29 is 4.74 Å². The molecule has 144 valence electrons. The minimum absolute atomic E-state index is 0.608. The van der Waals surface area contributed by atoms with E-state index in [9.17, 15) is 0 Å². The smallest absolute Gasteiger partial charge is 0.247 e. The Morgan fingerprint density at radius 2 is 1.68 bits per heavy atom. The normalized spacial score (nSPS) is 14.1. The average molecular weight is 397 g/mol. The molecular formula is C20H21ClN6O. The monoisotopic (exact) mass is 396 g/mol. The molecule has 2 heterocycles. The molecule has 4 rings (SSSR count). The van der Waals surface area contributed by atoms with Crippen LogP contribution in [0.2, 0.25) is 5.02 Å². The summed E-state index contributed by atoms with van der Waals surface area (Å²) in [5.41, 5.74) is 1.90. The lowest BCUT2D eigenvalue weighted by Gasteiger charge is -2.36. The van der Waals surface area contributed by atoms with Crippen LogP contribution in [0, 0.1) is 0 Å². The van der Waals surface area contributed by atoms with E-state index in [1.54, 1.807) is 13.3 Å². The molecule has 0 spiro atoms. The van der Waals surface area contributed by atoms with Crippen molar-refractivity contribution in [2.45, 2.75) is 0 Å². The summed E-state index contributed by atoms with van der Waals surface area (Å²) >= 11 is 6.21. The average Bonchev–Trinajstić information content (AvgIpc) is 2.76. The minimum Gasteiger partial charge on any atom is -0.495 e. The van der Waals surface area contributed by atoms with Gasteiger partial charge < -0.3 is 19.9 Å². The van der Waals surface area contributed by atoms with Gasteiger partial charge in [-0.25, -0.2) is 0 Å². The van der Waals surface area contributed by atoms with E-state index in [2.05, 4.69) is 36.4 Å². The maximum Gasteiger partial charge on any atom is 0.247 e. The molecule has 8 heteroatoms. The zero-order valence-electron chi connectivity index (χ0n) is 15.5. The topological polar surface area (TPSA) is 66.4 Å². The summed E-state index contributed by atoms with van der Waals surface area (Å²) in [5, 5.41) is 12.1. The van der Waals surface area contributed by atoms with Crippen molar-refractivity contribution in [3.63, 3.8) is 0 Å². The third-order valence-electron chi connectivity index (χ3n) is 4.67. The van der Waals surface area contributed by atoms with Gasteiger partial charge in [-0.3, -0.25) is 0 Å². The fourth-order valence-electron chi connectivity index (χ4n) is 3.23. The van der Waals surface area contributed by atoms with Crippen molar-refractivity contribution in [1.29, 1.82) is 0 Å². The van der Waals surface area contributed by atoms with Crippen molar-refractivity contribution in [2.24, 2.45) is 0 Å². The Labute approximate surface area is 168 Å². The van der Waals surface area contributed by atoms with Crippen LogP contribution in [0.15, 0.2) is 54.7 Å². The van der Waals surface area contributed by atoms with Crippen LogP contribution in [0.4, 0.5) is 23.1 Å². The van der Waals surface area contributed by atoms with E-state index in [0.717, 1.165) is 43.3 Å².